The second-order valence-corrected chi connectivity index (χ2v) is 6.25. The molecule has 1 amide bonds. The van der Waals surface area contributed by atoms with Crippen LogP contribution in [0.2, 0.25) is 5.02 Å². The highest BCUT2D eigenvalue weighted by Crippen LogP contribution is 2.27. The third-order valence-electron chi connectivity index (χ3n) is 4.07. The molecule has 0 radical (unpaired) electrons. The Hall–Kier alpha value is -3.04. The molecule has 2 N–H and O–H groups in total. The van der Waals surface area contributed by atoms with E-state index in [4.69, 9.17) is 11.6 Å². The van der Waals surface area contributed by atoms with E-state index in [1.165, 1.54) is 0 Å². The van der Waals surface area contributed by atoms with Gasteiger partial charge in [0.1, 0.15) is 0 Å². The quantitative estimate of drug-likeness (QED) is 0.488. The molecule has 1 heterocycles. The summed E-state index contributed by atoms with van der Waals surface area (Å²) in [4.78, 5) is 15.6. The molecular weight excluding hydrogens is 332 g/mol. The van der Waals surface area contributed by atoms with Gasteiger partial charge >= 0.3 is 0 Å². The van der Waals surface area contributed by atoms with Gasteiger partial charge in [-0.05, 0) is 54.1 Å². The minimum Gasteiger partial charge on any atom is -0.355 e. The standard InChI is InChI=1S/C21H15ClN2O/c22-17-8-11-19-16(12-17)13-20(24-19)14-6-9-18(10-7-14)23-21(25)15-4-2-1-3-5-15/h1-13,24H,(H,23,25). The molecule has 0 fully saturated rings. The number of fused-ring (bicyclic) bond motifs is 1. The summed E-state index contributed by atoms with van der Waals surface area (Å²) in [6.07, 6.45) is 0. The number of H-pyrrole nitrogens is 1. The van der Waals surface area contributed by atoms with Gasteiger partial charge in [0.25, 0.3) is 5.91 Å². The van der Waals surface area contributed by atoms with Crippen molar-refractivity contribution in [2.24, 2.45) is 0 Å². The molecule has 1 aromatic heterocycles. The Morgan fingerprint density at radius 1 is 0.880 bits per heavy atom. The number of nitrogens with one attached hydrogen (secondary N) is 2. The van der Waals surface area contributed by atoms with Crippen LogP contribution in [0.3, 0.4) is 0 Å². The maximum Gasteiger partial charge on any atom is 0.255 e. The molecule has 25 heavy (non-hydrogen) atoms. The van der Waals surface area contributed by atoms with E-state index in [2.05, 4.69) is 16.4 Å². The highest BCUT2D eigenvalue weighted by atomic mass is 35.5. The van der Waals surface area contributed by atoms with Crippen molar-refractivity contribution in [2.45, 2.75) is 0 Å². The molecule has 0 atom stereocenters. The van der Waals surface area contributed by atoms with Gasteiger partial charge in [0.2, 0.25) is 0 Å². The Kier molecular flexibility index (Phi) is 4.00. The number of hydrogen-bond acceptors (Lipinski definition) is 1. The fraction of sp³-hybridized carbons (Fsp3) is 0. The van der Waals surface area contributed by atoms with Crippen LogP contribution >= 0.6 is 11.6 Å². The molecule has 0 aliphatic carbocycles. The smallest absolute Gasteiger partial charge is 0.255 e. The van der Waals surface area contributed by atoms with Gasteiger partial charge in [0.05, 0.1) is 0 Å². The molecule has 4 aromatic rings. The summed E-state index contributed by atoms with van der Waals surface area (Å²) < 4.78 is 0. The molecule has 4 heteroatoms. The second-order valence-electron chi connectivity index (χ2n) is 5.81. The first kappa shape index (κ1) is 15.5. The summed E-state index contributed by atoms with van der Waals surface area (Å²) in [5, 5.41) is 4.70. The number of halogens is 1. The van der Waals surface area contributed by atoms with Crippen LogP contribution in [0, 0.1) is 0 Å². The van der Waals surface area contributed by atoms with Crippen molar-refractivity contribution in [1.82, 2.24) is 4.98 Å². The molecule has 3 nitrogen and oxygen atoms in total. The Labute approximate surface area is 150 Å². The van der Waals surface area contributed by atoms with Crippen LogP contribution in [0.5, 0.6) is 0 Å². The minimum atomic E-state index is -0.117. The Morgan fingerprint density at radius 2 is 1.64 bits per heavy atom. The molecule has 0 saturated heterocycles. The van der Waals surface area contributed by atoms with E-state index < -0.39 is 0 Å². The molecule has 3 aromatic carbocycles. The number of anilines is 1. The lowest BCUT2D eigenvalue weighted by Gasteiger charge is -2.06. The van der Waals surface area contributed by atoms with Crippen molar-refractivity contribution in [3.05, 3.63) is 89.4 Å². The third-order valence-corrected chi connectivity index (χ3v) is 4.31. The van der Waals surface area contributed by atoms with Crippen molar-refractivity contribution in [3.8, 4) is 11.3 Å². The molecule has 4 rings (SSSR count). The normalized spacial score (nSPS) is 10.8. The van der Waals surface area contributed by atoms with Gasteiger partial charge < -0.3 is 10.3 Å². The summed E-state index contributed by atoms with van der Waals surface area (Å²) in [7, 11) is 0. The second kappa shape index (κ2) is 6.46. The van der Waals surface area contributed by atoms with Crippen LogP contribution in [-0.4, -0.2) is 10.9 Å². The lowest BCUT2D eigenvalue weighted by Crippen LogP contribution is -2.11. The Morgan fingerprint density at radius 3 is 2.40 bits per heavy atom. The van der Waals surface area contributed by atoms with E-state index in [0.29, 0.717) is 5.56 Å². The summed E-state index contributed by atoms with van der Waals surface area (Å²) in [5.41, 5.74) is 4.50. The molecule has 0 saturated carbocycles. The van der Waals surface area contributed by atoms with Crippen LogP contribution in [-0.2, 0) is 0 Å². The van der Waals surface area contributed by atoms with Gasteiger partial charge in [-0.25, -0.2) is 0 Å². The summed E-state index contributed by atoms with van der Waals surface area (Å²) in [5.74, 6) is -0.117. The summed E-state index contributed by atoms with van der Waals surface area (Å²) in [6.45, 7) is 0. The monoisotopic (exact) mass is 346 g/mol. The van der Waals surface area contributed by atoms with Crippen molar-refractivity contribution >= 4 is 34.1 Å². The first-order chi connectivity index (χ1) is 12.2. The van der Waals surface area contributed by atoms with Crippen LogP contribution in [0.1, 0.15) is 10.4 Å². The number of carbonyl (C=O) groups is 1. The van der Waals surface area contributed by atoms with Gasteiger partial charge in [0, 0.05) is 32.9 Å². The van der Waals surface area contributed by atoms with E-state index in [9.17, 15) is 4.79 Å². The molecule has 122 valence electrons. The highest BCUT2D eigenvalue weighted by Gasteiger charge is 2.07. The molecule has 0 unspecified atom stereocenters. The van der Waals surface area contributed by atoms with Gasteiger partial charge in [-0.3, -0.25) is 4.79 Å². The average molecular weight is 347 g/mol. The van der Waals surface area contributed by atoms with E-state index in [0.717, 1.165) is 32.9 Å². The minimum absolute atomic E-state index is 0.117. The van der Waals surface area contributed by atoms with Crippen LogP contribution in [0.4, 0.5) is 5.69 Å². The topological polar surface area (TPSA) is 44.9 Å². The lowest BCUT2D eigenvalue weighted by molar-refractivity contribution is 0.102. The lowest BCUT2D eigenvalue weighted by atomic mass is 10.1. The highest BCUT2D eigenvalue weighted by molar-refractivity contribution is 6.31. The maximum atomic E-state index is 12.2. The molecule has 0 aliphatic heterocycles. The zero-order valence-electron chi connectivity index (χ0n) is 13.3. The third kappa shape index (κ3) is 3.28. The van der Waals surface area contributed by atoms with E-state index >= 15 is 0 Å². The van der Waals surface area contributed by atoms with E-state index in [1.807, 2.05) is 60.7 Å². The fourth-order valence-electron chi connectivity index (χ4n) is 2.78. The predicted molar refractivity (Wildman–Crippen MR) is 103 cm³/mol. The molecule has 0 aliphatic rings. The predicted octanol–water partition coefficient (Wildman–Crippen LogP) is 5.74. The number of rotatable bonds is 3. The average Bonchev–Trinajstić information content (AvgIpc) is 3.06. The maximum absolute atomic E-state index is 12.2. The van der Waals surface area contributed by atoms with Gasteiger partial charge in [-0.15, -0.1) is 0 Å². The Bertz CT molecular complexity index is 1040. The summed E-state index contributed by atoms with van der Waals surface area (Å²) >= 11 is 6.04. The number of aromatic amines is 1. The number of benzene rings is 3. The summed E-state index contributed by atoms with van der Waals surface area (Å²) in [6, 6.07) is 24.8. The number of amides is 1. The number of hydrogen-bond donors (Lipinski definition) is 2. The SMILES string of the molecule is O=C(Nc1ccc(-c2cc3cc(Cl)ccc3[nH]2)cc1)c1ccccc1. The van der Waals surface area contributed by atoms with E-state index in [-0.39, 0.29) is 5.91 Å². The van der Waals surface area contributed by atoms with Gasteiger partial charge in [-0.2, -0.15) is 0 Å². The van der Waals surface area contributed by atoms with Crippen LogP contribution in [0.25, 0.3) is 22.2 Å². The molecule has 0 spiro atoms. The first-order valence-electron chi connectivity index (χ1n) is 7.94. The Balaban J connectivity index is 1.56. The molecular formula is C21H15ClN2O. The van der Waals surface area contributed by atoms with Gasteiger partial charge in [-0.1, -0.05) is 41.9 Å². The van der Waals surface area contributed by atoms with Crippen LogP contribution < -0.4 is 5.32 Å². The number of carbonyl (C=O) groups excluding carboxylic acids is 1. The zero-order valence-corrected chi connectivity index (χ0v) is 14.0. The fourth-order valence-corrected chi connectivity index (χ4v) is 2.97. The number of aromatic nitrogens is 1. The molecule has 0 bridgehead atoms. The van der Waals surface area contributed by atoms with Crippen molar-refractivity contribution < 1.29 is 4.79 Å². The largest absolute Gasteiger partial charge is 0.355 e. The zero-order chi connectivity index (χ0) is 17.2. The first-order valence-corrected chi connectivity index (χ1v) is 8.32. The van der Waals surface area contributed by atoms with Gasteiger partial charge in [0.15, 0.2) is 0 Å². The van der Waals surface area contributed by atoms with Crippen LogP contribution in [0.15, 0.2) is 78.9 Å². The van der Waals surface area contributed by atoms with Crippen molar-refractivity contribution in [1.29, 1.82) is 0 Å². The van der Waals surface area contributed by atoms with E-state index in [1.54, 1.807) is 12.1 Å². The van der Waals surface area contributed by atoms with Crippen molar-refractivity contribution in [2.75, 3.05) is 5.32 Å². The van der Waals surface area contributed by atoms with Crippen molar-refractivity contribution in [3.63, 3.8) is 0 Å².